The molecule has 0 amide bonds. The summed E-state index contributed by atoms with van der Waals surface area (Å²) in [6.45, 7) is 25.7. The molecule has 0 saturated heterocycles. The number of hydrogen-bond donors (Lipinski definition) is 0. The van der Waals surface area contributed by atoms with Crippen molar-refractivity contribution in [2.45, 2.75) is 99.8 Å². The van der Waals surface area contributed by atoms with Crippen molar-refractivity contribution in [3.8, 4) is 0 Å². The molecule has 4 aromatic carbocycles. The van der Waals surface area contributed by atoms with E-state index in [1.807, 2.05) is 12.2 Å². The maximum Gasteiger partial charge on any atom is -0.109 e. The Bertz CT molecular complexity index is 1800. The Morgan fingerprint density at radius 2 is 1.21 bits per heavy atom. The van der Waals surface area contributed by atoms with E-state index in [0.29, 0.717) is 0 Å². The first-order valence-corrected chi connectivity index (χ1v) is 18.2. The van der Waals surface area contributed by atoms with Gasteiger partial charge in [0, 0.05) is 10.8 Å². The topological polar surface area (TPSA) is 0 Å². The van der Waals surface area contributed by atoms with Crippen LogP contribution in [0.2, 0.25) is 0 Å². The second-order valence-electron chi connectivity index (χ2n) is 16.4. The van der Waals surface area contributed by atoms with E-state index in [1.54, 1.807) is 3.21 Å². The summed E-state index contributed by atoms with van der Waals surface area (Å²) >= 11 is 1.54. The summed E-state index contributed by atoms with van der Waals surface area (Å²) in [6, 6.07) is 22.9. The van der Waals surface area contributed by atoms with E-state index in [0.717, 1.165) is 6.42 Å². The van der Waals surface area contributed by atoms with Gasteiger partial charge in [0.2, 0.25) is 0 Å². The summed E-state index contributed by atoms with van der Waals surface area (Å²) in [5.74, 6) is 0. The molecule has 0 saturated carbocycles. The minimum atomic E-state index is 0. The van der Waals surface area contributed by atoms with Crippen LogP contribution < -0.4 is 24.8 Å². The molecular weight excluding hydrogens is 703 g/mol. The fourth-order valence-electron chi connectivity index (χ4n) is 7.07. The molecule has 0 nitrogen and oxygen atoms in total. The SMILES string of the molecule is CC(C)(C)C1=CC(C)(C)c2cc3[cH-]c4cc5c(cc4c3cc21)C(C(C)(C)C)=CC5(C)C.CC[C](=[Zr+2])c1ccccc1.[C-]1=CC=CC1.[Cl-].[Cl-]. The Kier molecular flexibility index (Phi) is 12.6. The van der Waals surface area contributed by atoms with Gasteiger partial charge in [0.1, 0.15) is 0 Å². The molecule has 0 spiro atoms. The van der Waals surface area contributed by atoms with Crippen molar-refractivity contribution in [2.24, 2.45) is 10.8 Å². The fourth-order valence-corrected chi connectivity index (χ4v) is 7.48. The first-order valence-electron chi connectivity index (χ1n) is 17.0. The van der Waals surface area contributed by atoms with E-state index in [2.05, 4.69) is 161 Å². The number of halogens is 2. The molecule has 3 aliphatic rings. The van der Waals surface area contributed by atoms with Gasteiger partial charge in [-0.3, -0.25) is 6.08 Å². The van der Waals surface area contributed by atoms with Gasteiger partial charge in [0.25, 0.3) is 0 Å². The van der Waals surface area contributed by atoms with Gasteiger partial charge in [-0.05, 0) is 33.1 Å². The third kappa shape index (κ3) is 8.23. The van der Waals surface area contributed by atoms with Crippen molar-refractivity contribution < 1.29 is 49.0 Å². The largest absolute Gasteiger partial charge is 1.00 e. The summed E-state index contributed by atoms with van der Waals surface area (Å²) in [5, 5.41) is 5.58. The maximum atomic E-state index is 2.99. The van der Waals surface area contributed by atoms with E-state index in [1.165, 1.54) is 91.2 Å². The quantitative estimate of drug-likeness (QED) is 0.202. The second-order valence-corrected chi connectivity index (χ2v) is 17.9. The summed E-state index contributed by atoms with van der Waals surface area (Å²) in [6.07, 6.45) is 16.2. The number of allylic oxidation sites excluding steroid dienone is 8. The summed E-state index contributed by atoms with van der Waals surface area (Å²) in [4.78, 5) is 0. The summed E-state index contributed by atoms with van der Waals surface area (Å²) in [7, 11) is 0. The second kappa shape index (κ2) is 15.0. The van der Waals surface area contributed by atoms with Crippen LogP contribution in [0.5, 0.6) is 0 Å². The van der Waals surface area contributed by atoms with Crippen LogP contribution in [0, 0.1) is 16.9 Å². The number of hydrogen-bond acceptors (Lipinski definition) is 0. The van der Waals surface area contributed by atoms with Crippen LogP contribution in [0.1, 0.15) is 117 Å². The average Bonchev–Trinajstić information content (AvgIpc) is 3.77. The molecule has 0 bridgehead atoms. The van der Waals surface area contributed by atoms with Gasteiger partial charge >= 0.3 is 76.7 Å². The van der Waals surface area contributed by atoms with Crippen molar-refractivity contribution in [1.82, 2.24) is 0 Å². The molecule has 0 heterocycles. The van der Waals surface area contributed by atoms with Crippen LogP contribution in [0.4, 0.5) is 0 Å². The molecule has 252 valence electrons. The van der Waals surface area contributed by atoms with Crippen LogP contribution in [0.25, 0.3) is 32.7 Å². The van der Waals surface area contributed by atoms with Crippen LogP contribution >= 0.6 is 0 Å². The number of fused-ring (bicyclic) bond motifs is 5. The van der Waals surface area contributed by atoms with Gasteiger partial charge < -0.3 is 24.8 Å². The summed E-state index contributed by atoms with van der Waals surface area (Å²) in [5.41, 5.74) is 10.7. The number of benzene rings is 3. The molecule has 0 aliphatic heterocycles. The minimum Gasteiger partial charge on any atom is -1.00 e. The third-order valence-corrected chi connectivity index (χ3v) is 11.2. The Morgan fingerprint density at radius 1 is 0.750 bits per heavy atom. The van der Waals surface area contributed by atoms with Crippen molar-refractivity contribution in [1.29, 1.82) is 0 Å². The van der Waals surface area contributed by atoms with Crippen LogP contribution in [-0.4, -0.2) is 3.21 Å². The smallest absolute Gasteiger partial charge is 0.109 e. The van der Waals surface area contributed by atoms with Crippen molar-refractivity contribution in [3.05, 3.63) is 125 Å². The first-order chi connectivity index (χ1) is 21.4. The molecule has 0 unspecified atom stereocenters. The zero-order valence-electron chi connectivity index (χ0n) is 30.8. The van der Waals surface area contributed by atoms with Gasteiger partial charge in [0.05, 0.1) is 0 Å². The Balaban J connectivity index is 0.000000305. The molecule has 0 aromatic heterocycles. The maximum absolute atomic E-state index is 2.99. The van der Waals surface area contributed by atoms with Gasteiger partial charge in [-0.2, -0.15) is 6.08 Å². The normalized spacial score (nSPS) is 16.4. The van der Waals surface area contributed by atoms with Crippen molar-refractivity contribution in [3.63, 3.8) is 0 Å². The third-order valence-electron chi connectivity index (χ3n) is 9.64. The molecule has 4 aromatic rings. The molecule has 0 atom stereocenters. The standard InChI is InChI=1S/C31H37.C9H10.C5H5.2ClH.Zr/c1-28(2,3)26-16-30(7,8)24-12-18-11-19-13-25-23(15-21(19)20(18)14-22(24)26)27(29(4,5)6)17-31(25,9)10;1-2-6-9-7-4-3-5-8-9;1-2-4-5-3-1;;;/h11-17H,1-10H3;3-5,7-8H,2H2,1H3;1-3H,4H2;2*1H;/q-1;;-1;;;+2/p-2. The van der Waals surface area contributed by atoms with E-state index in [4.69, 9.17) is 0 Å². The summed E-state index contributed by atoms with van der Waals surface area (Å²) < 4.78 is 1.55. The first kappa shape index (κ1) is 40.3. The van der Waals surface area contributed by atoms with E-state index >= 15 is 0 Å². The van der Waals surface area contributed by atoms with E-state index < -0.39 is 0 Å². The Hall–Kier alpha value is -2.18. The molecule has 48 heavy (non-hydrogen) atoms. The van der Waals surface area contributed by atoms with Crippen molar-refractivity contribution >= 4 is 35.9 Å². The Morgan fingerprint density at radius 3 is 1.54 bits per heavy atom. The molecule has 7 rings (SSSR count). The van der Waals surface area contributed by atoms with Crippen molar-refractivity contribution in [2.75, 3.05) is 0 Å². The van der Waals surface area contributed by atoms with Crippen LogP contribution in [0.3, 0.4) is 0 Å². The van der Waals surface area contributed by atoms with Gasteiger partial charge in [-0.15, -0.1) is 46.2 Å². The molecular formula is C45H52Cl2Zr-2. The van der Waals surface area contributed by atoms with Gasteiger partial charge in [-0.1, -0.05) is 105 Å². The van der Waals surface area contributed by atoms with E-state index in [9.17, 15) is 0 Å². The zero-order chi connectivity index (χ0) is 33.7. The molecule has 3 heteroatoms. The molecule has 0 N–H and O–H groups in total. The van der Waals surface area contributed by atoms with Gasteiger partial charge in [-0.25, -0.2) is 12.2 Å². The van der Waals surface area contributed by atoms with Gasteiger partial charge in [0.15, 0.2) is 0 Å². The fraction of sp³-hybridized carbons (Fsp3) is 0.378. The molecule has 0 fully saturated rings. The van der Waals surface area contributed by atoms with Crippen LogP contribution in [0.15, 0.2) is 91.0 Å². The predicted octanol–water partition coefficient (Wildman–Crippen LogP) is 6.63. The van der Waals surface area contributed by atoms with E-state index in [-0.39, 0.29) is 46.5 Å². The number of rotatable bonds is 2. The average molecular weight is 755 g/mol. The van der Waals surface area contributed by atoms with Crippen LogP contribution in [-0.2, 0) is 35.1 Å². The predicted molar refractivity (Wildman–Crippen MR) is 200 cm³/mol. The molecule has 3 aliphatic carbocycles. The zero-order valence-corrected chi connectivity index (χ0v) is 34.8. The monoisotopic (exact) mass is 752 g/mol. The Labute approximate surface area is 318 Å². The minimum absolute atomic E-state index is 0. The molecule has 0 radical (unpaired) electrons.